The third-order valence-electron chi connectivity index (χ3n) is 3.58. The highest BCUT2D eigenvalue weighted by atomic mass is 19.1. The molecule has 21 heavy (non-hydrogen) atoms. The molecule has 114 valence electrons. The second-order valence-electron chi connectivity index (χ2n) is 5.63. The molecule has 1 aromatic heterocycles. The molecule has 1 N–H and O–H groups in total. The average Bonchev–Trinajstić information content (AvgIpc) is 2.88. The molecule has 0 aliphatic rings. The number of hydrogen-bond donors (Lipinski definition) is 1. The van der Waals surface area contributed by atoms with Crippen LogP contribution in [0.15, 0.2) is 36.7 Å². The molecule has 0 saturated carbocycles. The van der Waals surface area contributed by atoms with E-state index in [0.29, 0.717) is 18.0 Å². The summed E-state index contributed by atoms with van der Waals surface area (Å²) in [6.45, 7) is 7.63. The van der Waals surface area contributed by atoms with E-state index in [2.05, 4.69) is 26.1 Å². The molecule has 0 spiro atoms. The molecular weight excluding hydrogens is 270 g/mol. The zero-order valence-electron chi connectivity index (χ0n) is 12.7. The van der Waals surface area contributed by atoms with Crippen molar-refractivity contribution in [2.45, 2.75) is 33.4 Å². The van der Waals surface area contributed by atoms with Gasteiger partial charge in [-0.3, -0.25) is 0 Å². The van der Waals surface area contributed by atoms with E-state index in [1.165, 1.54) is 17.7 Å². The lowest BCUT2D eigenvalue weighted by Crippen LogP contribution is -2.25. The van der Waals surface area contributed by atoms with Gasteiger partial charge in [0.15, 0.2) is 0 Å². The Morgan fingerprint density at radius 3 is 2.62 bits per heavy atom. The predicted octanol–water partition coefficient (Wildman–Crippen LogP) is 4.12. The molecule has 4 heteroatoms. The number of benzene rings is 1. The van der Waals surface area contributed by atoms with Gasteiger partial charge in [-0.1, -0.05) is 20.8 Å². The number of nitrogens with one attached hydrogen (secondary N) is 1. The molecule has 0 radical (unpaired) electrons. The van der Waals surface area contributed by atoms with Crippen LogP contribution in [0.1, 0.15) is 37.9 Å². The van der Waals surface area contributed by atoms with Crippen LogP contribution in [0.2, 0.25) is 0 Å². The van der Waals surface area contributed by atoms with Crippen molar-refractivity contribution in [2.24, 2.45) is 5.92 Å². The van der Waals surface area contributed by atoms with Crippen LogP contribution in [0, 0.1) is 17.6 Å². The van der Waals surface area contributed by atoms with E-state index >= 15 is 0 Å². The molecule has 0 aliphatic carbocycles. The quantitative estimate of drug-likeness (QED) is 0.847. The maximum Gasteiger partial charge on any atom is 0.128 e. The van der Waals surface area contributed by atoms with E-state index in [1.807, 2.05) is 23.0 Å². The van der Waals surface area contributed by atoms with Crippen LogP contribution >= 0.6 is 0 Å². The SMILES string of the molecule is CCNC(c1ccn(Cc2cc(F)ccc2F)c1)C(C)C. The summed E-state index contributed by atoms with van der Waals surface area (Å²) in [5.41, 5.74) is 1.53. The average molecular weight is 292 g/mol. The van der Waals surface area contributed by atoms with Gasteiger partial charge in [0.25, 0.3) is 0 Å². The van der Waals surface area contributed by atoms with E-state index in [4.69, 9.17) is 0 Å². The summed E-state index contributed by atoms with van der Waals surface area (Å²) in [5, 5.41) is 3.45. The fourth-order valence-electron chi connectivity index (χ4n) is 2.56. The van der Waals surface area contributed by atoms with E-state index in [-0.39, 0.29) is 11.9 Å². The summed E-state index contributed by atoms with van der Waals surface area (Å²) in [6, 6.07) is 5.86. The molecular formula is C17H22F2N2. The lowest BCUT2D eigenvalue weighted by Gasteiger charge is -2.20. The van der Waals surface area contributed by atoms with Crippen LogP contribution < -0.4 is 5.32 Å². The Labute approximate surface area is 124 Å². The van der Waals surface area contributed by atoms with E-state index in [0.717, 1.165) is 12.6 Å². The van der Waals surface area contributed by atoms with Gasteiger partial charge in [-0.25, -0.2) is 8.78 Å². The van der Waals surface area contributed by atoms with Crippen molar-refractivity contribution >= 4 is 0 Å². The van der Waals surface area contributed by atoms with Crippen LogP contribution in [0.5, 0.6) is 0 Å². The van der Waals surface area contributed by atoms with Crippen LogP contribution in [-0.4, -0.2) is 11.1 Å². The smallest absolute Gasteiger partial charge is 0.128 e. The maximum atomic E-state index is 13.7. The summed E-state index contributed by atoms with van der Waals surface area (Å²) in [7, 11) is 0. The van der Waals surface area contributed by atoms with E-state index in [9.17, 15) is 8.78 Å². The van der Waals surface area contributed by atoms with E-state index < -0.39 is 5.82 Å². The Hall–Kier alpha value is -1.68. The fourth-order valence-corrected chi connectivity index (χ4v) is 2.56. The Morgan fingerprint density at radius 1 is 1.19 bits per heavy atom. The summed E-state index contributed by atoms with van der Waals surface area (Å²) in [6.07, 6.45) is 3.91. The number of hydrogen-bond acceptors (Lipinski definition) is 1. The Bertz CT molecular complexity index is 590. The summed E-state index contributed by atoms with van der Waals surface area (Å²) >= 11 is 0. The second-order valence-corrected chi connectivity index (χ2v) is 5.63. The summed E-state index contributed by atoms with van der Waals surface area (Å²) < 4.78 is 28.8. The highest BCUT2D eigenvalue weighted by Gasteiger charge is 2.15. The third-order valence-corrected chi connectivity index (χ3v) is 3.58. The van der Waals surface area contributed by atoms with Crippen molar-refractivity contribution in [2.75, 3.05) is 6.54 Å². The van der Waals surface area contributed by atoms with Gasteiger partial charge in [0.05, 0.1) is 0 Å². The first-order valence-electron chi connectivity index (χ1n) is 7.34. The Balaban J connectivity index is 2.17. The normalized spacial score (nSPS) is 12.9. The van der Waals surface area contributed by atoms with Gasteiger partial charge in [0.2, 0.25) is 0 Å². The first-order chi connectivity index (χ1) is 10.0. The molecule has 1 atom stereocenters. The van der Waals surface area contributed by atoms with Crippen molar-refractivity contribution in [1.82, 2.24) is 9.88 Å². The highest BCUT2D eigenvalue weighted by molar-refractivity contribution is 5.22. The minimum Gasteiger partial charge on any atom is -0.349 e. The highest BCUT2D eigenvalue weighted by Crippen LogP contribution is 2.22. The van der Waals surface area contributed by atoms with Crippen LogP contribution in [0.3, 0.4) is 0 Å². The van der Waals surface area contributed by atoms with Crippen LogP contribution in [0.25, 0.3) is 0 Å². The molecule has 0 saturated heterocycles. The summed E-state index contributed by atoms with van der Waals surface area (Å²) in [5.74, 6) is -0.322. The minimum absolute atomic E-state index is 0.272. The molecule has 1 aromatic carbocycles. The van der Waals surface area contributed by atoms with Crippen LogP contribution in [0.4, 0.5) is 8.78 Å². The molecule has 1 unspecified atom stereocenters. The monoisotopic (exact) mass is 292 g/mol. The molecule has 0 bridgehead atoms. The largest absolute Gasteiger partial charge is 0.349 e. The minimum atomic E-state index is -0.411. The van der Waals surface area contributed by atoms with E-state index in [1.54, 1.807) is 0 Å². The van der Waals surface area contributed by atoms with Gasteiger partial charge >= 0.3 is 0 Å². The van der Waals surface area contributed by atoms with Gasteiger partial charge in [-0.2, -0.15) is 0 Å². The fraction of sp³-hybridized carbons (Fsp3) is 0.412. The molecule has 2 aromatic rings. The second kappa shape index (κ2) is 6.85. The van der Waals surface area contributed by atoms with Crippen molar-refractivity contribution < 1.29 is 8.78 Å². The summed E-state index contributed by atoms with van der Waals surface area (Å²) in [4.78, 5) is 0. The van der Waals surface area contributed by atoms with Crippen molar-refractivity contribution in [3.63, 3.8) is 0 Å². The molecule has 0 aliphatic heterocycles. The number of rotatable bonds is 6. The predicted molar refractivity (Wildman–Crippen MR) is 81.1 cm³/mol. The number of halogens is 2. The van der Waals surface area contributed by atoms with Crippen molar-refractivity contribution in [3.05, 3.63) is 59.4 Å². The lowest BCUT2D eigenvalue weighted by atomic mass is 9.98. The van der Waals surface area contributed by atoms with Crippen molar-refractivity contribution in [3.8, 4) is 0 Å². The number of nitrogens with zero attached hydrogens (tertiary/aromatic N) is 1. The Kier molecular flexibility index (Phi) is 5.12. The maximum absolute atomic E-state index is 13.7. The zero-order valence-corrected chi connectivity index (χ0v) is 12.7. The molecule has 2 nitrogen and oxygen atoms in total. The first kappa shape index (κ1) is 15.7. The van der Waals surface area contributed by atoms with Gasteiger partial charge in [-0.15, -0.1) is 0 Å². The molecule has 0 fully saturated rings. The van der Waals surface area contributed by atoms with Gasteiger partial charge in [0, 0.05) is 30.5 Å². The van der Waals surface area contributed by atoms with Gasteiger partial charge in [0.1, 0.15) is 11.6 Å². The van der Waals surface area contributed by atoms with Gasteiger partial charge < -0.3 is 9.88 Å². The standard InChI is InChI=1S/C17H22F2N2/c1-4-20-17(12(2)3)13-7-8-21(10-13)11-14-9-15(18)5-6-16(14)19/h5-10,12,17,20H,4,11H2,1-3H3. The topological polar surface area (TPSA) is 17.0 Å². The molecule has 2 rings (SSSR count). The zero-order chi connectivity index (χ0) is 15.4. The van der Waals surface area contributed by atoms with Crippen LogP contribution in [-0.2, 0) is 6.54 Å². The van der Waals surface area contributed by atoms with Gasteiger partial charge in [-0.05, 0) is 42.3 Å². The van der Waals surface area contributed by atoms with Crippen molar-refractivity contribution in [1.29, 1.82) is 0 Å². The Morgan fingerprint density at radius 2 is 1.95 bits per heavy atom. The lowest BCUT2D eigenvalue weighted by molar-refractivity contribution is 0.421. The molecule has 0 amide bonds. The molecule has 1 heterocycles. The number of aromatic nitrogens is 1. The third kappa shape index (κ3) is 3.91. The first-order valence-corrected chi connectivity index (χ1v) is 7.34.